The Kier molecular flexibility index (Phi) is 8.45. The first kappa shape index (κ1) is 26.6. The van der Waals surface area contributed by atoms with E-state index < -0.39 is 0 Å². The van der Waals surface area contributed by atoms with E-state index in [9.17, 15) is 9.59 Å². The summed E-state index contributed by atoms with van der Waals surface area (Å²) in [5.41, 5.74) is 6.38. The molecule has 2 heterocycles. The van der Waals surface area contributed by atoms with Gasteiger partial charge in [0.25, 0.3) is 5.91 Å². The van der Waals surface area contributed by atoms with E-state index in [-0.39, 0.29) is 24.9 Å². The number of likely N-dealkylation sites (N-methyl/N-ethyl adjacent to an activating group) is 2. The third-order valence-electron chi connectivity index (χ3n) is 7.09. The molecule has 4 rings (SSSR count). The van der Waals surface area contributed by atoms with Crippen molar-refractivity contribution in [1.82, 2.24) is 30.4 Å². The monoisotopic (exact) mass is 505 g/mol. The molecule has 0 aliphatic carbocycles. The van der Waals surface area contributed by atoms with Crippen molar-refractivity contribution in [2.24, 2.45) is 7.05 Å². The van der Waals surface area contributed by atoms with Crippen LogP contribution in [0.4, 0.5) is 5.69 Å². The average molecular weight is 506 g/mol. The molecule has 9 nitrogen and oxygen atoms in total. The van der Waals surface area contributed by atoms with Crippen LogP contribution in [0.5, 0.6) is 0 Å². The quantitative estimate of drug-likeness (QED) is 0.389. The van der Waals surface area contributed by atoms with E-state index in [0.717, 1.165) is 35.1 Å². The van der Waals surface area contributed by atoms with Crippen molar-refractivity contribution >= 4 is 28.4 Å². The third kappa shape index (κ3) is 5.94. The van der Waals surface area contributed by atoms with Crippen LogP contribution in [0.1, 0.15) is 36.2 Å². The number of hydrazine groups is 1. The molecule has 1 aliphatic rings. The van der Waals surface area contributed by atoms with Gasteiger partial charge in [-0.05, 0) is 48.7 Å². The number of nitrogens with zero attached hydrogens (tertiary/aromatic N) is 5. The standard InChI is InChI=1S/C28H39N7O2/c1-6-25-23-14-20(3)26(15-24(23)31-32(25)4)34(18-27(36)30-13-12-29-7-2)19-28(37)33(5)35-16-21-10-8-9-11-22(21)17-35/h8-11,14-15,29H,6-7,12-13,16-19H2,1-5H3,(H,30,36). The number of hydrogen-bond donors (Lipinski definition) is 2. The van der Waals surface area contributed by atoms with Gasteiger partial charge in [0.2, 0.25) is 5.91 Å². The molecule has 0 saturated heterocycles. The fraction of sp³-hybridized carbons (Fsp3) is 0.464. The highest BCUT2D eigenvalue weighted by molar-refractivity contribution is 5.91. The molecular weight excluding hydrogens is 466 g/mol. The van der Waals surface area contributed by atoms with Crippen LogP contribution in [0.15, 0.2) is 36.4 Å². The Morgan fingerprint density at radius 2 is 1.76 bits per heavy atom. The fourth-order valence-electron chi connectivity index (χ4n) is 5.03. The molecule has 0 bridgehead atoms. The van der Waals surface area contributed by atoms with Crippen molar-refractivity contribution < 1.29 is 9.59 Å². The van der Waals surface area contributed by atoms with Gasteiger partial charge in [0, 0.05) is 57.0 Å². The second-order valence-electron chi connectivity index (χ2n) is 9.65. The maximum absolute atomic E-state index is 13.5. The van der Waals surface area contributed by atoms with Gasteiger partial charge in [-0.3, -0.25) is 19.3 Å². The average Bonchev–Trinajstić information content (AvgIpc) is 3.45. The smallest absolute Gasteiger partial charge is 0.256 e. The topological polar surface area (TPSA) is 85.7 Å². The van der Waals surface area contributed by atoms with E-state index in [1.807, 2.05) is 60.7 Å². The maximum atomic E-state index is 13.5. The predicted molar refractivity (Wildman–Crippen MR) is 147 cm³/mol. The number of anilines is 1. The van der Waals surface area contributed by atoms with Crippen molar-refractivity contribution in [2.75, 3.05) is 44.7 Å². The minimum atomic E-state index is -0.114. The first-order valence-electron chi connectivity index (χ1n) is 13.1. The Morgan fingerprint density at radius 1 is 1.05 bits per heavy atom. The molecule has 0 spiro atoms. The van der Waals surface area contributed by atoms with Crippen LogP contribution in [0.3, 0.4) is 0 Å². The van der Waals surface area contributed by atoms with E-state index in [2.05, 4.69) is 35.8 Å². The number of carbonyl (C=O) groups excluding carboxylic acids is 2. The number of fused-ring (bicyclic) bond motifs is 2. The van der Waals surface area contributed by atoms with Gasteiger partial charge in [-0.25, -0.2) is 5.01 Å². The molecule has 37 heavy (non-hydrogen) atoms. The zero-order valence-corrected chi connectivity index (χ0v) is 22.7. The summed E-state index contributed by atoms with van der Waals surface area (Å²) in [5, 5.41) is 15.7. The van der Waals surface area contributed by atoms with E-state index >= 15 is 0 Å². The summed E-state index contributed by atoms with van der Waals surface area (Å²) >= 11 is 0. The number of nitrogens with one attached hydrogen (secondary N) is 2. The van der Waals surface area contributed by atoms with Crippen molar-refractivity contribution in [1.29, 1.82) is 0 Å². The fourth-order valence-corrected chi connectivity index (χ4v) is 5.03. The molecule has 1 aromatic heterocycles. The van der Waals surface area contributed by atoms with Gasteiger partial charge >= 0.3 is 0 Å². The summed E-state index contributed by atoms with van der Waals surface area (Å²) < 4.78 is 1.91. The molecule has 0 radical (unpaired) electrons. The lowest BCUT2D eigenvalue weighted by Crippen LogP contribution is -2.48. The number of hydrogen-bond acceptors (Lipinski definition) is 6. The van der Waals surface area contributed by atoms with Crippen LogP contribution in [-0.4, -0.2) is 71.4 Å². The number of aryl methyl sites for hydroxylation is 3. The minimum Gasteiger partial charge on any atom is -0.353 e. The minimum absolute atomic E-state index is 0.0666. The highest BCUT2D eigenvalue weighted by atomic mass is 16.2. The zero-order chi connectivity index (χ0) is 26.5. The predicted octanol–water partition coefficient (Wildman–Crippen LogP) is 2.37. The van der Waals surface area contributed by atoms with Gasteiger partial charge in [0.05, 0.1) is 18.6 Å². The number of benzene rings is 2. The van der Waals surface area contributed by atoms with E-state index in [1.165, 1.54) is 16.8 Å². The molecule has 198 valence electrons. The van der Waals surface area contributed by atoms with Crippen LogP contribution in [-0.2, 0) is 36.1 Å². The Morgan fingerprint density at radius 3 is 2.41 bits per heavy atom. The van der Waals surface area contributed by atoms with Gasteiger partial charge < -0.3 is 15.5 Å². The van der Waals surface area contributed by atoms with Crippen LogP contribution < -0.4 is 15.5 Å². The second-order valence-corrected chi connectivity index (χ2v) is 9.65. The lowest BCUT2D eigenvalue weighted by Gasteiger charge is -2.32. The number of amides is 2. The summed E-state index contributed by atoms with van der Waals surface area (Å²) in [6.45, 7) is 9.85. The Bertz CT molecular complexity index is 1240. The third-order valence-corrected chi connectivity index (χ3v) is 7.09. The Labute approximate surface area is 219 Å². The highest BCUT2D eigenvalue weighted by Crippen LogP contribution is 2.29. The van der Waals surface area contributed by atoms with Crippen molar-refractivity contribution in [3.05, 3.63) is 58.8 Å². The van der Waals surface area contributed by atoms with Crippen LogP contribution >= 0.6 is 0 Å². The molecule has 1 aliphatic heterocycles. The molecule has 0 atom stereocenters. The first-order chi connectivity index (χ1) is 17.8. The van der Waals surface area contributed by atoms with Gasteiger partial charge in [0.15, 0.2) is 0 Å². The van der Waals surface area contributed by atoms with Crippen LogP contribution in [0.2, 0.25) is 0 Å². The summed E-state index contributed by atoms with van der Waals surface area (Å²) in [6, 6.07) is 12.4. The van der Waals surface area contributed by atoms with Gasteiger partial charge in [-0.15, -0.1) is 0 Å². The maximum Gasteiger partial charge on any atom is 0.256 e. The molecule has 9 heteroatoms. The lowest BCUT2D eigenvalue weighted by molar-refractivity contribution is -0.145. The van der Waals surface area contributed by atoms with Gasteiger partial charge in [-0.1, -0.05) is 38.1 Å². The second kappa shape index (κ2) is 11.7. The molecule has 3 aromatic rings. The first-order valence-corrected chi connectivity index (χ1v) is 13.1. The Balaban J connectivity index is 1.55. The van der Waals surface area contributed by atoms with E-state index in [4.69, 9.17) is 5.10 Å². The van der Waals surface area contributed by atoms with Gasteiger partial charge in [0.1, 0.15) is 0 Å². The molecule has 2 N–H and O–H groups in total. The highest BCUT2D eigenvalue weighted by Gasteiger charge is 2.27. The van der Waals surface area contributed by atoms with Crippen molar-refractivity contribution in [3.63, 3.8) is 0 Å². The summed E-state index contributed by atoms with van der Waals surface area (Å²) in [6.07, 6.45) is 0.880. The molecular formula is C28H39N7O2. The zero-order valence-electron chi connectivity index (χ0n) is 22.7. The Hall–Kier alpha value is -3.43. The number of aromatic nitrogens is 2. The van der Waals surface area contributed by atoms with Crippen molar-refractivity contribution in [2.45, 2.75) is 40.3 Å². The summed E-state index contributed by atoms with van der Waals surface area (Å²) in [7, 11) is 3.77. The number of rotatable bonds is 11. The summed E-state index contributed by atoms with van der Waals surface area (Å²) in [4.78, 5) is 28.3. The molecule has 0 saturated carbocycles. The van der Waals surface area contributed by atoms with E-state index in [1.54, 1.807) is 5.01 Å². The van der Waals surface area contributed by atoms with Crippen molar-refractivity contribution in [3.8, 4) is 0 Å². The van der Waals surface area contributed by atoms with Crippen LogP contribution in [0, 0.1) is 6.92 Å². The molecule has 0 unspecified atom stereocenters. The largest absolute Gasteiger partial charge is 0.353 e. The normalized spacial score (nSPS) is 13.1. The lowest BCUT2D eigenvalue weighted by atomic mass is 10.1. The number of carbonyl (C=O) groups is 2. The molecule has 2 amide bonds. The summed E-state index contributed by atoms with van der Waals surface area (Å²) in [5.74, 6) is -0.181. The SMILES string of the molecule is CCNCCNC(=O)CN(CC(=O)N(C)N1Cc2ccccc2C1)c1cc2nn(C)c(CC)c2cc1C. The van der Waals surface area contributed by atoms with E-state index in [0.29, 0.717) is 26.2 Å². The van der Waals surface area contributed by atoms with Gasteiger partial charge in [-0.2, -0.15) is 5.10 Å². The van der Waals surface area contributed by atoms with Crippen LogP contribution in [0.25, 0.3) is 10.9 Å². The molecule has 2 aromatic carbocycles. The molecule has 0 fully saturated rings.